The molecule has 134 valence electrons. The fraction of sp³-hybridized carbons (Fsp3) is 0.0526. The number of hydrogen-bond acceptors (Lipinski definition) is 2. The predicted octanol–water partition coefficient (Wildman–Crippen LogP) is 7.31. The molecule has 0 fully saturated rings. The maximum Gasteiger partial charge on any atom is 0.134 e. The number of phenolic OH excluding ortho intramolecular Hbond substituents is 2. The zero-order valence-electron chi connectivity index (χ0n) is 13.2. The van der Waals surface area contributed by atoms with Crippen LogP contribution in [0.4, 0.5) is 0 Å². The lowest BCUT2D eigenvalue weighted by Crippen LogP contribution is -2.22. The molecular formula is C19H13Br4O2P. The van der Waals surface area contributed by atoms with Gasteiger partial charge in [-0.05, 0) is 61.7 Å². The zero-order valence-corrected chi connectivity index (χ0v) is 20.7. The standard InChI is InChI=1S/C19H13Br4O2P/c20-11-6-13(17(24)15(22)8-11)19(26,10-4-2-1-3-5-10)14-7-12(21)9-16(23)18(14)25/h1-9,24-25H,26H2. The zero-order chi connectivity index (χ0) is 19.1. The molecule has 0 aliphatic carbocycles. The number of rotatable bonds is 3. The Morgan fingerprint density at radius 3 is 1.54 bits per heavy atom. The Labute approximate surface area is 187 Å². The van der Waals surface area contributed by atoms with Gasteiger partial charge in [0.2, 0.25) is 0 Å². The lowest BCUT2D eigenvalue weighted by atomic mass is 9.83. The second-order valence-electron chi connectivity index (χ2n) is 5.74. The van der Waals surface area contributed by atoms with Crippen LogP contribution in [-0.2, 0) is 5.16 Å². The fourth-order valence-corrected chi connectivity index (χ4v) is 5.97. The van der Waals surface area contributed by atoms with Crippen LogP contribution in [0.3, 0.4) is 0 Å². The minimum absolute atomic E-state index is 0.113. The maximum absolute atomic E-state index is 10.8. The molecule has 0 saturated heterocycles. The monoisotopic (exact) mass is 620 g/mol. The van der Waals surface area contributed by atoms with Gasteiger partial charge < -0.3 is 10.2 Å². The third-order valence-corrected chi connectivity index (χ3v) is 7.22. The fourth-order valence-electron chi connectivity index (χ4n) is 2.89. The molecule has 0 aliphatic heterocycles. The van der Waals surface area contributed by atoms with E-state index < -0.39 is 5.16 Å². The van der Waals surface area contributed by atoms with Crippen LogP contribution in [0, 0.1) is 0 Å². The van der Waals surface area contributed by atoms with Gasteiger partial charge in [0, 0.05) is 20.1 Å². The highest BCUT2D eigenvalue weighted by Crippen LogP contribution is 2.54. The van der Waals surface area contributed by atoms with E-state index in [4.69, 9.17) is 0 Å². The summed E-state index contributed by atoms with van der Waals surface area (Å²) in [6.07, 6.45) is 0. The summed E-state index contributed by atoms with van der Waals surface area (Å²) in [6.45, 7) is 0. The number of hydrogen-bond donors (Lipinski definition) is 2. The second kappa shape index (κ2) is 7.92. The second-order valence-corrected chi connectivity index (χ2v) is 10.1. The van der Waals surface area contributed by atoms with Crippen molar-refractivity contribution in [3.8, 4) is 11.5 Å². The molecule has 3 aromatic rings. The molecule has 0 saturated carbocycles. The molecular weight excluding hydrogens is 611 g/mol. The Morgan fingerprint density at radius 1 is 0.692 bits per heavy atom. The van der Waals surface area contributed by atoms with Crippen LogP contribution < -0.4 is 0 Å². The van der Waals surface area contributed by atoms with Gasteiger partial charge in [-0.1, -0.05) is 62.2 Å². The quantitative estimate of drug-likeness (QED) is 0.237. The van der Waals surface area contributed by atoms with Gasteiger partial charge in [-0.2, -0.15) is 0 Å². The van der Waals surface area contributed by atoms with Gasteiger partial charge in [-0.25, -0.2) is 0 Å². The molecule has 0 aliphatic rings. The minimum atomic E-state index is -0.881. The summed E-state index contributed by atoms with van der Waals surface area (Å²) in [5.74, 6) is 0.227. The molecule has 2 nitrogen and oxygen atoms in total. The third-order valence-electron chi connectivity index (χ3n) is 4.14. The summed E-state index contributed by atoms with van der Waals surface area (Å²) >= 11 is 13.8. The maximum atomic E-state index is 10.8. The van der Waals surface area contributed by atoms with Gasteiger partial charge >= 0.3 is 0 Å². The first-order valence-corrected chi connectivity index (χ1v) is 11.2. The van der Waals surface area contributed by atoms with Gasteiger partial charge in [-0.15, -0.1) is 9.24 Å². The summed E-state index contributed by atoms with van der Waals surface area (Å²) < 4.78 is 2.76. The molecule has 0 heterocycles. The highest BCUT2D eigenvalue weighted by molar-refractivity contribution is 9.11. The largest absolute Gasteiger partial charge is 0.506 e. The lowest BCUT2D eigenvalue weighted by Gasteiger charge is -2.33. The van der Waals surface area contributed by atoms with Crippen LogP contribution in [0.2, 0.25) is 0 Å². The Balaban J connectivity index is 2.44. The van der Waals surface area contributed by atoms with Crippen molar-refractivity contribution in [3.05, 3.63) is 89.2 Å². The molecule has 0 aromatic heterocycles. The van der Waals surface area contributed by atoms with Crippen LogP contribution >= 0.6 is 73.0 Å². The molecule has 2 N–H and O–H groups in total. The molecule has 3 aromatic carbocycles. The van der Waals surface area contributed by atoms with Crippen molar-refractivity contribution in [1.82, 2.24) is 0 Å². The lowest BCUT2D eigenvalue weighted by molar-refractivity contribution is 0.451. The molecule has 0 radical (unpaired) electrons. The Morgan fingerprint density at radius 2 is 1.12 bits per heavy atom. The summed E-state index contributed by atoms with van der Waals surface area (Å²) in [6, 6.07) is 17.0. The molecule has 7 heteroatoms. The van der Waals surface area contributed by atoms with Crippen molar-refractivity contribution in [2.24, 2.45) is 0 Å². The van der Waals surface area contributed by atoms with E-state index in [9.17, 15) is 10.2 Å². The summed E-state index contributed by atoms with van der Waals surface area (Å²) in [5, 5.41) is 20.8. The minimum Gasteiger partial charge on any atom is -0.506 e. The molecule has 0 amide bonds. The van der Waals surface area contributed by atoms with E-state index in [1.807, 2.05) is 42.5 Å². The number of benzene rings is 3. The summed E-state index contributed by atoms with van der Waals surface area (Å²) in [7, 11) is 2.81. The van der Waals surface area contributed by atoms with Crippen LogP contribution in [0.15, 0.2) is 72.5 Å². The van der Waals surface area contributed by atoms with Gasteiger partial charge in [0.1, 0.15) is 11.5 Å². The van der Waals surface area contributed by atoms with Gasteiger partial charge in [0.05, 0.1) is 14.1 Å². The van der Waals surface area contributed by atoms with Gasteiger partial charge in [0.15, 0.2) is 0 Å². The first-order valence-electron chi connectivity index (χ1n) is 7.46. The highest BCUT2D eigenvalue weighted by atomic mass is 79.9. The molecule has 0 spiro atoms. The van der Waals surface area contributed by atoms with E-state index in [-0.39, 0.29) is 11.5 Å². The SMILES string of the molecule is Oc1c(Br)cc(Br)cc1C(P)(c1ccccc1)c1cc(Br)cc(Br)c1O. The average molecular weight is 624 g/mol. The molecule has 0 bridgehead atoms. The molecule has 26 heavy (non-hydrogen) atoms. The van der Waals surface area contributed by atoms with Crippen molar-refractivity contribution in [1.29, 1.82) is 0 Å². The van der Waals surface area contributed by atoms with Gasteiger partial charge in [0.25, 0.3) is 0 Å². The van der Waals surface area contributed by atoms with Crippen molar-refractivity contribution in [3.63, 3.8) is 0 Å². The van der Waals surface area contributed by atoms with Crippen molar-refractivity contribution < 1.29 is 10.2 Å². The Kier molecular flexibility index (Phi) is 6.20. The van der Waals surface area contributed by atoms with Crippen LogP contribution in [0.1, 0.15) is 16.7 Å². The van der Waals surface area contributed by atoms with E-state index in [1.54, 1.807) is 12.1 Å². The third kappa shape index (κ3) is 3.64. The topological polar surface area (TPSA) is 40.5 Å². The first-order chi connectivity index (χ1) is 12.2. The van der Waals surface area contributed by atoms with Gasteiger partial charge in [-0.3, -0.25) is 0 Å². The van der Waals surface area contributed by atoms with Crippen molar-refractivity contribution in [2.45, 2.75) is 5.16 Å². The van der Waals surface area contributed by atoms with E-state index in [1.165, 1.54) is 0 Å². The summed E-state index contributed by atoms with van der Waals surface area (Å²) in [4.78, 5) is 0. The summed E-state index contributed by atoms with van der Waals surface area (Å²) in [5.41, 5.74) is 2.18. The molecule has 1 unspecified atom stereocenters. The van der Waals surface area contributed by atoms with E-state index >= 15 is 0 Å². The van der Waals surface area contributed by atoms with Crippen LogP contribution in [0.5, 0.6) is 11.5 Å². The highest BCUT2D eigenvalue weighted by Gasteiger charge is 2.37. The van der Waals surface area contributed by atoms with Crippen LogP contribution in [-0.4, -0.2) is 10.2 Å². The number of halogens is 4. The van der Waals surface area contributed by atoms with Crippen LogP contribution in [0.25, 0.3) is 0 Å². The Bertz CT molecular complexity index is 920. The first kappa shape index (κ1) is 20.3. The average Bonchev–Trinajstić information content (AvgIpc) is 2.61. The normalized spacial score (nSPS) is 11.6. The molecule has 3 rings (SSSR count). The number of aromatic hydroxyl groups is 2. The van der Waals surface area contributed by atoms with Crippen molar-refractivity contribution in [2.75, 3.05) is 0 Å². The van der Waals surface area contributed by atoms with E-state index in [0.29, 0.717) is 20.1 Å². The smallest absolute Gasteiger partial charge is 0.134 e. The van der Waals surface area contributed by atoms with Crippen molar-refractivity contribution >= 4 is 73.0 Å². The Hall–Kier alpha value is -0.390. The number of phenols is 2. The van der Waals surface area contributed by atoms with E-state index in [2.05, 4.69) is 73.0 Å². The molecule has 1 atom stereocenters. The van der Waals surface area contributed by atoms with E-state index in [0.717, 1.165) is 14.5 Å². The predicted molar refractivity (Wildman–Crippen MR) is 123 cm³/mol.